The molecule has 3 aromatic rings. The van der Waals surface area contributed by atoms with Crippen LogP contribution >= 0.6 is 23.2 Å². The molecule has 0 saturated heterocycles. The zero-order chi connectivity index (χ0) is 18.1. The van der Waals surface area contributed by atoms with E-state index < -0.39 is 0 Å². The Hall–Kier alpha value is -2.23. The van der Waals surface area contributed by atoms with Crippen LogP contribution in [-0.2, 0) is 7.05 Å². The van der Waals surface area contributed by atoms with Crippen LogP contribution in [-0.4, -0.2) is 19.2 Å². The fourth-order valence-electron chi connectivity index (χ4n) is 2.74. The second-order valence-electron chi connectivity index (χ2n) is 6.11. The molecule has 0 radical (unpaired) electrons. The largest absolute Gasteiger partial charge is 0.506 e. The molecule has 0 aliphatic carbocycles. The van der Waals surface area contributed by atoms with Crippen molar-refractivity contribution in [3.05, 3.63) is 63.8 Å². The van der Waals surface area contributed by atoms with Crippen molar-refractivity contribution in [1.82, 2.24) is 0 Å². The van der Waals surface area contributed by atoms with Gasteiger partial charge in [0.25, 0.3) is 0 Å². The van der Waals surface area contributed by atoms with E-state index in [0.29, 0.717) is 10.6 Å². The quantitative estimate of drug-likeness (QED) is 0.660. The van der Waals surface area contributed by atoms with Crippen molar-refractivity contribution in [1.29, 1.82) is 0 Å². The molecule has 1 N–H and O–H groups in total. The Balaban J connectivity index is 2.02. The third-order valence-corrected chi connectivity index (χ3v) is 4.71. The van der Waals surface area contributed by atoms with Gasteiger partial charge in [0, 0.05) is 54.0 Å². The summed E-state index contributed by atoms with van der Waals surface area (Å²) in [6.07, 6.45) is 3.74. The van der Waals surface area contributed by atoms with Crippen LogP contribution in [0.4, 0.5) is 5.69 Å². The van der Waals surface area contributed by atoms with Gasteiger partial charge in [-0.25, -0.2) is 0 Å². The molecular formula is C20H19Cl2N2O+. The number of aromatic hydroxyl groups is 1. The zero-order valence-corrected chi connectivity index (χ0v) is 15.8. The van der Waals surface area contributed by atoms with Gasteiger partial charge in [-0.3, -0.25) is 0 Å². The number of anilines is 1. The first-order chi connectivity index (χ1) is 11.9. The van der Waals surface area contributed by atoms with Crippen LogP contribution in [0.5, 0.6) is 5.75 Å². The number of aromatic nitrogens is 1. The molecule has 0 bridgehead atoms. The predicted octanol–water partition coefficient (Wildman–Crippen LogP) is 4.91. The Morgan fingerprint density at radius 2 is 1.76 bits per heavy atom. The fraction of sp³-hybridized carbons (Fsp3) is 0.150. The molecule has 0 fully saturated rings. The number of nitrogens with zero attached hydrogens (tertiary/aromatic N) is 2. The van der Waals surface area contributed by atoms with Crippen molar-refractivity contribution in [2.24, 2.45) is 7.05 Å². The summed E-state index contributed by atoms with van der Waals surface area (Å²) < 4.78 is 2.11. The third-order valence-electron chi connectivity index (χ3n) is 4.20. The lowest BCUT2D eigenvalue weighted by Gasteiger charge is -2.12. The van der Waals surface area contributed by atoms with Gasteiger partial charge >= 0.3 is 0 Å². The first-order valence-corrected chi connectivity index (χ1v) is 8.58. The summed E-state index contributed by atoms with van der Waals surface area (Å²) >= 11 is 12.0. The van der Waals surface area contributed by atoms with Gasteiger partial charge in [0.1, 0.15) is 12.8 Å². The topological polar surface area (TPSA) is 27.3 Å². The molecule has 0 atom stereocenters. The lowest BCUT2D eigenvalue weighted by Crippen LogP contribution is -2.32. The molecule has 5 heteroatoms. The van der Waals surface area contributed by atoms with Crippen LogP contribution in [0.15, 0.2) is 42.5 Å². The molecule has 0 aliphatic heterocycles. The molecule has 25 heavy (non-hydrogen) atoms. The molecule has 3 rings (SSSR count). The highest BCUT2D eigenvalue weighted by Crippen LogP contribution is 2.32. The van der Waals surface area contributed by atoms with Gasteiger partial charge < -0.3 is 10.0 Å². The standard InChI is InChI=1S/C20H18Cl2N2O/c1-23(2)17-8-9-19-13(11-17)4-6-16(24(19)3)7-5-14-10-15(21)12-18(22)20(14)25/h4-12H,1-3H3/p+1. The number of phenolic OH excluding ortho intramolecular Hbond substituents is 1. The van der Waals surface area contributed by atoms with Gasteiger partial charge in [-0.1, -0.05) is 23.2 Å². The van der Waals surface area contributed by atoms with E-state index in [9.17, 15) is 5.11 Å². The molecule has 3 nitrogen and oxygen atoms in total. The summed E-state index contributed by atoms with van der Waals surface area (Å²) in [5.74, 6) is 0.0291. The number of hydrogen-bond donors (Lipinski definition) is 1. The van der Waals surface area contributed by atoms with Crippen molar-refractivity contribution in [2.75, 3.05) is 19.0 Å². The van der Waals surface area contributed by atoms with Gasteiger partial charge in [-0.2, -0.15) is 4.57 Å². The van der Waals surface area contributed by atoms with Gasteiger partial charge in [0.15, 0.2) is 0 Å². The van der Waals surface area contributed by atoms with E-state index in [1.54, 1.807) is 6.07 Å². The summed E-state index contributed by atoms with van der Waals surface area (Å²) in [5, 5.41) is 12.0. The minimum absolute atomic E-state index is 0.0291. The predicted molar refractivity (Wildman–Crippen MR) is 107 cm³/mol. The highest BCUT2D eigenvalue weighted by atomic mass is 35.5. The molecule has 2 aromatic carbocycles. The summed E-state index contributed by atoms with van der Waals surface area (Å²) in [5.41, 5.74) is 3.87. The number of hydrogen-bond acceptors (Lipinski definition) is 2. The second-order valence-corrected chi connectivity index (χ2v) is 6.96. The molecule has 0 saturated carbocycles. The van der Waals surface area contributed by atoms with Crippen molar-refractivity contribution in [3.8, 4) is 5.75 Å². The lowest BCUT2D eigenvalue weighted by molar-refractivity contribution is -0.646. The average Bonchev–Trinajstić information content (AvgIpc) is 2.57. The van der Waals surface area contributed by atoms with Crippen molar-refractivity contribution < 1.29 is 9.67 Å². The van der Waals surface area contributed by atoms with Crippen LogP contribution in [0.1, 0.15) is 11.3 Å². The van der Waals surface area contributed by atoms with Crippen LogP contribution in [0, 0.1) is 0 Å². The molecule has 0 unspecified atom stereocenters. The SMILES string of the molecule is CN(C)c1ccc2c(ccc(/C=C/c3cc(Cl)cc(Cl)c3O)[n+]2C)c1. The van der Waals surface area contributed by atoms with E-state index >= 15 is 0 Å². The highest BCUT2D eigenvalue weighted by Gasteiger charge is 2.11. The van der Waals surface area contributed by atoms with Crippen LogP contribution in [0.3, 0.4) is 0 Å². The lowest BCUT2D eigenvalue weighted by atomic mass is 10.1. The molecule has 1 aromatic heterocycles. The second kappa shape index (κ2) is 6.95. The minimum Gasteiger partial charge on any atom is -0.506 e. The summed E-state index contributed by atoms with van der Waals surface area (Å²) in [7, 11) is 6.07. The van der Waals surface area contributed by atoms with Crippen molar-refractivity contribution >= 4 is 51.9 Å². The van der Waals surface area contributed by atoms with E-state index in [2.05, 4.69) is 33.7 Å². The van der Waals surface area contributed by atoms with Crippen LogP contribution in [0.2, 0.25) is 10.0 Å². The average molecular weight is 374 g/mol. The van der Waals surface area contributed by atoms with E-state index in [1.807, 2.05) is 39.4 Å². The minimum atomic E-state index is 0.0291. The Bertz CT molecular complexity index is 981. The summed E-state index contributed by atoms with van der Waals surface area (Å²) in [4.78, 5) is 2.08. The third kappa shape index (κ3) is 3.58. The Kier molecular flexibility index (Phi) is 4.89. The van der Waals surface area contributed by atoms with Crippen molar-refractivity contribution in [2.45, 2.75) is 0 Å². The Morgan fingerprint density at radius 3 is 2.48 bits per heavy atom. The first-order valence-electron chi connectivity index (χ1n) is 7.83. The number of phenols is 1. The zero-order valence-electron chi connectivity index (χ0n) is 14.3. The Morgan fingerprint density at radius 1 is 1.00 bits per heavy atom. The van der Waals surface area contributed by atoms with Gasteiger partial charge in [-0.05, 0) is 36.4 Å². The number of rotatable bonds is 3. The van der Waals surface area contributed by atoms with E-state index in [4.69, 9.17) is 23.2 Å². The Labute approximate surface area is 157 Å². The number of aryl methyl sites for hydroxylation is 1. The van der Waals surface area contributed by atoms with Gasteiger partial charge in [0.2, 0.25) is 11.2 Å². The highest BCUT2D eigenvalue weighted by molar-refractivity contribution is 6.35. The fourth-order valence-corrected chi connectivity index (χ4v) is 3.25. The molecular weight excluding hydrogens is 355 g/mol. The smallest absolute Gasteiger partial charge is 0.212 e. The van der Waals surface area contributed by atoms with E-state index in [1.165, 1.54) is 11.5 Å². The number of pyridine rings is 1. The normalized spacial score (nSPS) is 11.4. The molecule has 0 amide bonds. The molecule has 1 heterocycles. The molecule has 128 valence electrons. The van der Waals surface area contributed by atoms with Crippen molar-refractivity contribution in [3.63, 3.8) is 0 Å². The number of fused-ring (bicyclic) bond motifs is 1. The van der Waals surface area contributed by atoms with Crippen LogP contribution < -0.4 is 9.47 Å². The summed E-state index contributed by atoms with van der Waals surface area (Å²) in [6.45, 7) is 0. The molecule has 0 spiro atoms. The maximum Gasteiger partial charge on any atom is 0.212 e. The summed E-state index contributed by atoms with van der Waals surface area (Å²) in [6, 6.07) is 13.7. The maximum atomic E-state index is 10.1. The first kappa shape index (κ1) is 17.6. The van der Waals surface area contributed by atoms with Crippen LogP contribution in [0.25, 0.3) is 23.1 Å². The molecule has 0 aliphatic rings. The monoisotopic (exact) mass is 373 g/mol. The van der Waals surface area contributed by atoms with E-state index in [0.717, 1.165) is 16.9 Å². The number of halogens is 2. The van der Waals surface area contributed by atoms with Gasteiger partial charge in [0.05, 0.1) is 5.02 Å². The number of benzene rings is 2. The van der Waals surface area contributed by atoms with Gasteiger partial charge in [-0.15, -0.1) is 0 Å². The van der Waals surface area contributed by atoms with E-state index in [-0.39, 0.29) is 10.8 Å². The maximum absolute atomic E-state index is 10.1.